The van der Waals surface area contributed by atoms with Crippen molar-refractivity contribution in [1.29, 1.82) is 0 Å². The number of alkyl halides is 1. The molecule has 0 saturated heterocycles. The molecule has 0 amide bonds. The number of para-hydroxylation sites is 1. The van der Waals surface area contributed by atoms with Gasteiger partial charge in [-0.25, -0.2) is 23.7 Å². The first-order valence-electron chi connectivity index (χ1n) is 12.5. The van der Waals surface area contributed by atoms with Crippen molar-refractivity contribution in [3.05, 3.63) is 77.4 Å². The average Bonchev–Trinajstić information content (AvgIpc) is 2.89. The van der Waals surface area contributed by atoms with E-state index in [0.717, 1.165) is 29.5 Å². The number of carbonyl (C=O) groups is 1. The predicted octanol–water partition coefficient (Wildman–Crippen LogP) is 7.00. The van der Waals surface area contributed by atoms with Crippen molar-refractivity contribution in [2.45, 2.75) is 52.1 Å². The van der Waals surface area contributed by atoms with Gasteiger partial charge in [-0.15, -0.1) is 0 Å². The second kappa shape index (κ2) is 8.54. The highest BCUT2D eigenvalue weighted by Gasteiger charge is 2.48. The molecule has 36 heavy (non-hydrogen) atoms. The quantitative estimate of drug-likeness (QED) is 0.315. The zero-order valence-electron chi connectivity index (χ0n) is 20.4. The van der Waals surface area contributed by atoms with Crippen molar-refractivity contribution < 1.29 is 13.6 Å². The van der Waals surface area contributed by atoms with E-state index in [1.807, 2.05) is 44.2 Å². The van der Waals surface area contributed by atoms with E-state index in [-0.39, 0.29) is 17.7 Å². The van der Waals surface area contributed by atoms with E-state index >= 15 is 4.39 Å². The van der Waals surface area contributed by atoms with Gasteiger partial charge in [-0.1, -0.05) is 44.2 Å². The van der Waals surface area contributed by atoms with Crippen molar-refractivity contribution in [3.63, 3.8) is 0 Å². The molecule has 2 aliphatic rings. The molecule has 2 aliphatic carbocycles. The van der Waals surface area contributed by atoms with E-state index in [9.17, 15) is 9.18 Å². The predicted molar refractivity (Wildman–Crippen MR) is 136 cm³/mol. The van der Waals surface area contributed by atoms with Crippen LogP contribution in [-0.4, -0.2) is 20.7 Å². The highest BCUT2D eigenvalue weighted by Crippen LogP contribution is 2.53. The minimum atomic E-state index is -0.704. The zero-order chi connectivity index (χ0) is 25.0. The van der Waals surface area contributed by atoms with E-state index in [1.54, 1.807) is 18.2 Å². The van der Waals surface area contributed by atoms with Crippen LogP contribution in [0.4, 0.5) is 8.78 Å². The molecule has 6 rings (SSSR count). The molecular formula is C30H27F2N3O. The van der Waals surface area contributed by atoms with Crippen molar-refractivity contribution in [1.82, 2.24) is 15.0 Å². The number of hydrogen-bond acceptors (Lipinski definition) is 4. The Hall–Kier alpha value is -3.54. The summed E-state index contributed by atoms with van der Waals surface area (Å²) < 4.78 is 28.9. The first-order chi connectivity index (χ1) is 17.4. The number of ketones is 1. The Kier molecular flexibility index (Phi) is 5.43. The van der Waals surface area contributed by atoms with Gasteiger partial charge in [0.05, 0.1) is 22.6 Å². The Morgan fingerprint density at radius 1 is 0.944 bits per heavy atom. The van der Waals surface area contributed by atoms with Crippen LogP contribution in [0.1, 0.15) is 56.0 Å². The van der Waals surface area contributed by atoms with Gasteiger partial charge in [-0.05, 0) is 49.4 Å². The number of rotatable bonds is 3. The normalized spacial score (nSPS) is 20.7. The minimum Gasteiger partial charge on any atom is -0.299 e. The van der Waals surface area contributed by atoms with Crippen molar-refractivity contribution in [3.8, 4) is 22.6 Å². The summed E-state index contributed by atoms with van der Waals surface area (Å²) in [5.41, 5.74) is 4.10. The molecule has 2 atom stereocenters. The highest BCUT2D eigenvalue weighted by molar-refractivity contribution is 5.93. The topological polar surface area (TPSA) is 55.7 Å². The first kappa shape index (κ1) is 22.9. The maximum atomic E-state index is 15.1. The summed E-state index contributed by atoms with van der Waals surface area (Å²) in [6, 6.07) is 15.9. The van der Waals surface area contributed by atoms with Crippen LogP contribution >= 0.6 is 0 Å². The standard InChI is InChI=1S/C30H27F2N3O/c1-30(2)23-13-11-21-27(19(23)12-14-26(30)36)34-29(35-28(21)20-8-3-5-9-24(20)32)22-15-17(16-31)33-25-10-6-4-7-18(22)25/h3-10,15,19,23H,11-14,16H2,1-2H3. The van der Waals surface area contributed by atoms with E-state index in [2.05, 4.69) is 4.98 Å². The van der Waals surface area contributed by atoms with E-state index in [0.29, 0.717) is 52.5 Å². The third-order valence-electron chi connectivity index (χ3n) is 8.19. The zero-order valence-corrected chi connectivity index (χ0v) is 20.4. The summed E-state index contributed by atoms with van der Waals surface area (Å²) in [5.74, 6) is 0.648. The van der Waals surface area contributed by atoms with Gasteiger partial charge in [0.1, 0.15) is 18.3 Å². The van der Waals surface area contributed by atoms with Gasteiger partial charge >= 0.3 is 0 Å². The molecule has 2 aromatic carbocycles. The van der Waals surface area contributed by atoms with E-state index < -0.39 is 12.1 Å². The summed E-state index contributed by atoms with van der Waals surface area (Å²) in [6.07, 6.45) is 2.75. The molecule has 0 radical (unpaired) electrons. The lowest BCUT2D eigenvalue weighted by atomic mass is 9.58. The van der Waals surface area contributed by atoms with Crippen LogP contribution in [0.3, 0.4) is 0 Å². The van der Waals surface area contributed by atoms with Gasteiger partial charge in [0.2, 0.25) is 0 Å². The largest absolute Gasteiger partial charge is 0.299 e. The molecule has 182 valence electrons. The maximum Gasteiger partial charge on any atom is 0.160 e. The van der Waals surface area contributed by atoms with Crippen LogP contribution in [0.15, 0.2) is 54.6 Å². The fourth-order valence-corrected chi connectivity index (χ4v) is 6.24. The molecule has 0 spiro atoms. The molecule has 2 heterocycles. The smallest absolute Gasteiger partial charge is 0.160 e. The Bertz CT molecular complexity index is 1510. The molecule has 0 bridgehead atoms. The van der Waals surface area contributed by atoms with Gasteiger partial charge < -0.3 is 0 Å². The van der Waals surface area contributed by atoms with Gasteiger partial charge in [-0.3, -0.25) is 4.79 Å². The second-order valence-electron chi connectivity index (χ2n) is 10.5. The lowest BCUT2D eigenvalue weighted by Gasteiger charge is -2.46. The number of benzene rings is 2. The fraction of sp³-hybridized carbons (Fsp3) is 0.333. The summed E-state index contributed by atoms with van der Waals surface area (Å²) in [5, 5.41) is 0.820. The monoisotopic (exact) mass is 483 g/mol. The number of fused-ring (bicyclic) bond motifs is 4. The van der Waals surface area contributed by atoms with Crippen LogP contribution in [-0.2, 0) is 17.9 Å². The van der Waals surface area contributed by atoms with E-state index in [4.69, 9.17) is 9.97 Å². The SMILES string of the molecule is CC1(C)C(=O)CCC2c3nc(-c4cc(CF)nc5ccccc45)nc(-c4ccccc4F)c3CCC21. The Labute approximate surface area is 208 Å². The Balaban J connectivity index is 1.64. The molecule has 4 nitrogen and oxygen atoms in total. The van der Waals surface area contributed by atoms with Crippen molar-refractivity contribution >= 4 is 16.7 Å². The molecule has 2 unspecified atom stereocenters. The third kappa shape index (κ3) is 3.54. The lowest BCUT2D eigenvalue weighted by molar-refractivity contribution is -0.134. The number of halogens is 2. The van der Waals surface area contributed by atoms with Gasteiger partial charge in [-0.2, -0.15) is 0 Å². The fourth-order valence-electron chi connectivity index (χ4n) is 6.24. The lowest BCUT2D eigenvalue weighted by Crippen LogP contribution is -2.43. The van der Waals surface area contributed by atoms with Crippen LogP contribution < -0.4 is 0 Å². The Morgan fingerprint density at radius 2 is 1.72 bits per heavy atom. The molecule has 6 heteroatoms. The summed E-state index contributed by atoms with van der Waals surface area (Å²) in [7, 11) is 0. The number of Topliss-reactive ketones (excluding diaryl/α,β-unsaturated/α-hetero) is 1. The molecule has 0 N–H and O–H groups in total. The number of carbonyl (C=O) groups excluding carboxylic acids is 1. The van der Waals surface area contributed by atoms with Crippen LogP contribution in [0.25, 0.3) is 33.5 Å². The molecule has 2 aromatic heterocycles. The number of aromatic nitrogens is 3. The molecule has 4 aromatic rings. The molecular weight excluding hydrogens is 456 g/mol. The van der Waals surface area contributed by atoms with Gasteiger partial charge in [0, 0.05) is 39.8 Å². The Morgan fingerprint density at radius 3 is 2.53 bits per heavy atom. The first-order valence-corrected chi connectivity index (χ1v) is 12.5. The second-order valence-corrected chi connectivity index (χ2v) is 10.5. The molecule has 0 aliphatic heterocycles. The summed E-state index contributed by atoms with van der Waals surface area (Å²) in [6.45, 7) is 3.38. The average molecular weight is 484 g/mol. The summed E-state index contributed by atoms with van der Waals surface area (Å²) in [4.78, 5) is 27.3. The third-order valence-corrected chi connectivity index (χ3v) is 8.19. The van der Waals surface area contributed by atoms with Crippen molar-refractivity contribution in [2.24, 2.45) is 11.3 Å². The van der Waals surface area contributed by atoms with Crippen LogP contribution in [0.5, 0.6) is 0 Å². The van der Waals surface area contributed by atoms with Crippen LogP contribution in [0, 0.1) is 17.2 Å². The number of hydrogen-bond donors (Lipinski definition) is 0. The number of nitrogens with zero attached hydrogens (tertiary/aromatic N) is 3. The van der Waals surface area contributed by atoms with E-state index in [1.165, 1.54) is 6.07 Å². The highest BCUT2D eigenvalue weighted by atomic mass is 19.1. The maximum absolute atomic E-state index is 15.1. The molecule has 1 fully saturated rings. The van der Waals surface area contributed by atoms with Gasteiger partial charge in [0.25, 0.3) is 0 Å². The van der Waals surface area contributed by atoms with Crippen LogP contribution in [0.2, 0.25) is 0 Å². The van der Waals surface area contributed by atoms with Gasteiger partial charge in [0.15, 0.2) is 5.82 Å². The van der Waals surface area contributed by atoms with Crippen molar-refractivity contribution in [2.75, 3.05) is 0 Å². The number of pyridine rings is 1. The minimum absolute atomic E-state index is 0.0856. The summed E-state index contributed by atoms with van der Waals surface area (Å²) >= 11 is 0. The molecule has 1 saturated carbocycles.